The number of fused-ring (bicyclic) bond motifs is 4. The molecule has 0 N–H and O–H groups in total. The van der Waals surface area contributed by atoms with Gasteiger partial charge in [0.1, 0.15) is 5.01 Å². The second-order valence-corrected chi connectivity index (χ2v) is 15.2. The van der Waals surface area contributed by atoms with Crippen LogP contribution in [0.15, 0.2) is 194 Å². The SMILES string of the molecule is c1ccc(-c2cccc(N(c3ccc(-c4c5sc(-c6ccccc6)nc5cc5c4sc4ccccc45)cc3)c3cccc(-c4ccccc4)c3)c2)cc1. The van der Waals surface area contributed by atoms with Crippen LogP contribution in [-0.2, 0) is 0 Å². The summed E-state index contributed by atoms with van der Waals surface area (Å²) in [6.45, 7) is 0. The standard InChI is InChI=1S/C49H32N2S2/c1-4-14-33(15-5-1)37-20-12-22-40(30-37)51(41-23-13-21-38(31-41)34-16-6-2-7-17-34)39-28-26-35(27-29-39)46-47-43(42-24-10-11-25-45(42)52-47)32-44-48(46)53-49(50-44)36-18-8-3-9-19-36/h1-32H. The molecule has 10 aromatic rings. The van der Waals surface area contributed by atoms with E-state index in [4.69, 9.17) is 4.98 Å². The summed E-state index contributed by atoms with van der Waals surface area (Å²) in [6, 6.07) is 69.6. The average Bonchev–Trinajstić information content (AvgIpc) is 3.83. The van der Waals surface area contributed by atoms with Crippen molar-refractivity contribution in [3.63, 3.8) is 0 Å². The van der Waals surface area contributed by atoms with Crippen molar-refractivity contribution in [1.29, 1.82) is 0 Å². The minimum Gasteiger partial charge on any atom is -0.310 e. The lowest BCUT2D eigenvalue weighted by atomic mass is 10.0. The molecule has 10 rings (SSSR count). The van der Waals surface area contributed by atoms with Gasteiger partial charge >= 0.3 is 0 Å². The highest BCUT2D eigenvalue weighted by molar-refractivity contribution is 7.27. The summed E-state index contributed by atoms with van der Waals surface area (Å²) >= 11 is 3.66. The van der Waals surface area contributed by atoms with Crippen LogP contribution in [0.4, 0.5) is 17.1 Å². The van der Waals surface area contributed by atoms with Crippen LogP contribution in [0.1, 0.15) is 0 Å². The van der Waals surface area contributed by atoms with Crippen LogP contribution < -0.4 is 4.90 Å². The van der Waals surface area contributed by atoms with Gasteiger partial charge in [0.2, 0.25) is 0 Å². The third-order valence-electron chi connectivity index (χ3n) is 9.88. The van der Waals surface area contributed by atoms with E-state index in [-0.39, 0.29) is 0 Å². The molecule has 0 saturated heterocycles. The van der Waals surface area contributed by atoms with Crippen LogP contribution in [0.2, 0.25) is 0 Å². The highest BCUT2D eigenvalue weighted by atomic mass is 32.1. The van der Waals surface area contributed by atoms with E-state index in [2.05, 4.69) is 199 Å². The van der Waals surface area contributed by atoms with Crippen molar-refractivity contribution in [3.05, 3.63) is 194 Å². The molecule has 53 heavy (non-hydrogen) atoms. The van der Waals surface area contributed by atoms with Gasteiger partial charge in [-0.15, -0.1) is 22.7 Å². The molecule has 2 aromatic heterocycles. The highest BCUT2D eigenvalue weighted by Gasteiger charge is 2.20. The first-order valence-electron chi connectivity index (χ1n) is 17.8. The number of hydrogen-bond donors (Lipinski definition) is 0. The van der Waals surface area contributed by atoms with E-state index in [0.29, 0.717) is 0 Å². The summed E-state index contributed by atoms with van der Waals surface area (Å²) in [5, 5.41) is 3.59. The van der Waals surface area contributed by atoms with Gasteiger partial charge in [0.05, 0.1) is 10.2 Å². The van der Waals surface area contributed by atoms with E-state index < -0.39 is 0 Å². The molecule has 4 heteroatoms. The molecule has 0 spiro atoms. The number of thiazole rings is 1. The van der Waals surface area contributed by atoms with Crippen molar-refractivity contribution in [1.82, 2.24) is 4.98 Å². The zero-order valence-electron chi connectivity index (χ0n) is 28.7. The topological polar surface area (TPSA) is 16.1 Å². The van der Waals surface area contributed by atoms with Gasteiger partial charge in [-0.25, -0.2) is 4.98 Å². The van der Waals surface area contributed by atoms with Crippen molar-refractivity contribution < 1.29 is 0 Å². The van der Waals surface area contributed by atoms with Crippen molar-refractivity contribution in [2.45, 2.75) is 0 Å². The fourth-order valence-electron chi connectivity index (χ4n) is 7.34. The normalized spacial score (nSPS) is 11.4. The number of aromatic nitrogens is 1. The molecule has 0 aliphatic heterocycles. The van der Waals surface area contributed by atoms with E-state index in [0.717, 1.165) is 33.1 Å². The second-order valence-electron chi connectivity index (χ2n) is 13.2. The second kappa shape index (κ2) is 13.3. The molecule has 0 radical (unpaired) electrons. The highest BCUT2D eigenvalue weighted by Crippen LogP contribution is 2.48. The minimum absolute atomic E-state index is 1.04. The van der Waals surface area contributed by atoms with Crippen molar-refractivity contribution in [2.24, 2.45) is 0 Å². The summed E-state index contributed by atoms with van der Waals surface area (Å²) in [7, 11) is 0. The van der Waals surface area contributed by atoms with Gasteiger partial charge in [0.25, 0.3) is 0 Å². The first-order valence-corrected chi connectivity index (χ1v) is 19.4. The summed E-state index contributed by atoms with van der Waals surface area (Å²) in [6.07, 6.45) is 0. The number of nitrogens with zero attached hydrogens (tertiary/aromatic N) is 2. The smallest absolute Gasteiger partial charge is 0.124 e. The molecule has 0 aliphatic carbocycles. The maximum atomic E-state index is 5.21. The largest absolute Gasteiger partial charge is 0.310 e. The minimum atomic E-state index is 1.04. The summed E-state index contributed by atoms with van der Waals surface area (Å²) < 4.78 is 3.82. The van der Waals surface area contributed by atoms with E-state index >= 15 is 0 Å². The lowest BCUT2D eigenvalue weighted by Crippen LogP contribution is -2.10. The third kappa shape index (κ3) is 5.79. The molecule has 8 aromatic carbocycles. The monoisotopic (exact) mass is 712 g/mol. The summed E-state index contributed by atoms with van der Waals surface area (Å²) in [5.41, 5.74) is 12.7. The zero-order valence-corrected chi connectivity index (χ0v) is 30.3. The van der Waals surface area contributed by atoms with Crippen LogP contribution >= 0.6 is 22.7 Å². The number of hydrogen-bond acceptors (Lipinski definition) is 4. The predicted molar refractivity (Wildman–Crippen MR) is 229 cm³/mol. The van der Waals surface area contributed by atoms with E-state index in [9.17, 15) is 0 Å². The molecule has 2 nitrogen and oxygen atoms in total. The Bertz CT molecular complexity index is 2790. The molecule has 0 atom stereocenters. The van der Waals surface area contributed by atoms with Crippen molar-refractivity contribution in [2.75, 3.05) is 4.90 Å². The number of thiophene rings is 1. The molecule has 0 unspecified atom stereocenters. The molecule has 2 heterocycles. The Kier molecular flexibility index (Phi) is 7.90. The average molecular weight is 713 g/mol. The molecule has 0 aliphatic rings. The Labute approximate surface area is 316 Å². The number of anilines is 3. The maximum absolute atomic E-state index is 5.21. The Morgan fingerprint density at radius 2 is 0.906 bits per heavy atom. The Morgan fingerprint density at radius 3 is 1.53 bits per heavy atom. The zero-order chi connectivity index (χ0) is 35.1. The molecule has 0 amide bonds. The van der Waals surface area contributed by atoms with Gasteiger partial charge in [0.15, 0.2) is 0 Å². The Balaban J connectivity index is 1.14. The quantitative estimate of drug-likeness (QED) is 0.164. The molecule has 0 fully saturated rings. The maximum Gasteiger partial charge on any atom is 0.124 e. The fourth-order valence-corrected chi connectivity index (χ4v) is 9.79. The van der Waals surface area contributed by atoms with E-state index in [1.807, 2.05) is 11.3 Å². The number of rotatable bonds is 7. The van der Waals surface area contributed by atoms with Gasteiger partial charge in [-0.2, -0.15) is 0 Å². The first kappa shape index (κ1) is 31.4. The summed E-state index contributed by atoms with van der Waals surface area (Å²) in [5.74, 6) is 0. The van der Waals surface area contributed by atoms with Crippen molar-refractivity contribution >= 4 is 70.1 Å². The first-order chi connectivity index (χ1) is 26.3. The van der Waals surface area contributed by atoms with E-state index in [1.54, 1.807) is 11.3 Å². The van der Waals surface area contributed by atoms with Crippen LogP contribution in [0.25, 0.3) is 74.3 Å². The molecule has 250 valence electrons. The third-order valence-corrected chi connectivity index (χ3v) is 12.2. The molecular weight excluding hydrogens is 681 g/mol. The van der Waals surface area contributed by atoms with Crippen LogP contribution in [0.3, 0.4) is 0 Å². The predicted octanol–water partition coefficient (Wildman–Crippen LogP) is 14.8. The van der Waals surface area contributed by atoms with Gasteiger partial charge in [-0.3, -0.25) is 0 Å². The van der Waals surface area contributed by atoms with E-state index in [1.165, 1.54) is 58.3 Å². The lowest BCUT2D eigenvalue weighted by molar-refractivity contribution is 1.28. The fraction of sp³-hybridized carbons (Fsp3) is 0. The van der Waals surface area contributed by atoms with Gasteiger partial charge in [-0.1, -0.05) is 146 Å². The van der Waals surface area contributed by atoms with Gasteiger partial charge in [0, 0.05) is 48.4 Å². The number of benzene rings is 8. The van der Waals surface area contributed by atoms with Gasteiger partial charge in [-0.05, 0) is 76.3 Å². The van der Waals surface area contributed by atoms with Gasteiger partial charge < -0.3 is 4.90 Å². The van der Waals surface area contributed by atoms with Crippen LogP contribution in [0, 0.1) is 0 Å². The summed E-state index contributed by atoms with van der Waals surface area (Å²) in [4.78, 5) is 7.59. The lowest BCUT2D eigenvalue weighted by Gasteiger charge is -2.27. The van der Waals surface area contributed by atoms with Crippen molar-refractivity contribution in [3.8, 4) is 44.0 Å². The molecular formula is C49H32N2S2. The Morgan fingerprint density at radius 1 is 0.358 bits per heavy atom. The molecule has 0 bridgehead atoms. The Hall–Kier alpha value is -6.33. The van der Waals surface area contributed by atoms with Crippen LogP contribution in [0.5, 0.6) is 0 Å². The molecule has 0 saturated carbocycles. The van der Waals surface area contributed by atoms with Crippen LogP contribution in [-0.4, -0.2) is 4.98 Å².